The van der Waals surface area contributed by atoms with E-state index in [9.17, 15) is 0 Å². The summed E-state index contributed by atoms with van der Waals surface area (Å²) in [6.07, 6.45) is 5.48. The Hall–Kier alpha value is -1.73. The van der Waals surface area contributed by atoms with Gasteiger partial charge in [-0.1, -0.05) is 0 Å². The van der Waals surface area contributed by atoms with Crippen LogP contribution in [0.5, 0.6) is 0 Å². The summed E-state index contributed by atoms with van der Waals surface area (Å²) in [5, 5.41) is 11.8. The number of aryl methyl sites for hydroxylation is 1. The van der Waals surface area contributed by atoms with Gasteiger partial charge in [0.2, 0.25) is 0 Å². The van der Waals surface area contributed by atoms with Gasteiger partial charge in [-0.25, -0.2) is 9.67 Å². The molecule has 7 heteroatoms. The molecule has 2 rings (SSSR count). The number of hydrogen-bond donors (Lipinski definition) is 1. The Morgan fingerprint density at radius 1 is 1.37 bits per heavy atom. The summed E-state index contributed by atoms with van der Waals surface area (Å²) in [5.74, 6) is 0.917. The van der Waals surface area contributed by atoms with Crippen molar-refractivity contribution in [2.75, 3.05) is 20.3 Å². The maximum atomic E-state index is 4.99. The molecule has 2 aromatic heterocycles. The minimum absolute atomic E-state index is 0.686. The van der Waals surface area contributed by atoms with E-state index < -0.39 is 0 Å². The van der Waals surface area contributed by atoms with Gasteiger partial charge in [0.1, 0.15) is 12.2 Å². The lowest BCUT2D eigenvalue weighted by Gasteiger charge is -2.06. The van der Waals surface area contributed by atoms with E-state index in [-0.39, 0.29) is 0 Å². The van der Waals surface area contributed by atoms with Crippen LogP contribution in [0, 0.1) is 0 Å². The van der Waals surface area contributed by atoms with Crippen molar-refractivity contribution in [3.63, 3.8) is 0 Å². The summed E-state index contributed by atoms with van der Waals surface area (Å²) in [5.41, 5.74) is 1.13. The summed E-state index contributed by atoms with van der Waals surface area (Å²) in [6.45, 7) is 5.82. The van der Waals surface area contributed by atoms with Gasteiger partial charge >= 0.3 is 0 Å². The first-order chi connectivity index (χ1) is 9.33. The van der Waals surface area contributed by atoms with E-state index in [1.54, 1.807) is 13.4 Å². The molecule has 0 aliphatic carbocycles. The van der Waals surface area contributed by atoms with Gasteiger partial charge in [0.15, 0.2) is 0 Å². The monoisotopic (exact) mass is 264 g/mol. The van der Waals surface area contributed by atoms with Crippen LogP contribution in [-0.2, 0) is 24.4 Å². The van der Waals surface area contributed by atoms with E-state index in [0.29, 0.717) is 19.7 Å². The van der Waals surface area contributed by atoms with Gasteiger partial charge in [0.05, 0.1) is 25.9 Å². The molecular formula is C12H20N6O. The Kier molecular flexibility index (Phi) is 5.05. The van der Waals surface area contributed by atoms with E-state index in [2.05, 4.69) is 27.4 Å². The third kappa shape index (κ3) is 3.87. The van der Waals surface area contributed by atoms with Gasteiger partial charge < -0.3 is 10.1 Å². The fourth-order valence-corrected chi connectivity index (χ4v) is 1.77. The van der Waals surface area contributed by atoms with E-state index in [1.165, 1.54) is 0 Å². The lowest BCUT2D eigenvalue weighted by atomic mass is 10.3. The third-order valence-electron chi connectivity index (χ3n) is 2.80. The molecule has 0 fully saturated rings. The highest BCUT2D eigenvalue weighted by atomic mass is 16.5. The molecule has 0 atom stereocenters. The molecule has 2 aromatic rings. The highest BCUT2D eigenvalue weighted by Gasteiger charge is 2.06. The number of aromatic nitrogens is 5. The second-order valence-corrected chi connectivity index (χ2v) is 4.21. The normalized spacial score (nSPS) is 11.1. The first-order valence-corrected chi connectivity index (χ1v) is 6.41. The number of rotatable bonds is 8. The standard InChI is InChI=1S/C12H20N6O/c1-3-17-8-11(6-15-17)9-18-12(14-10-16-18)7-13-4-5-19-2/h6,8,10,13H,3-5,7,9H2,1-2H3. The minimum Gasteiger partial charge on any atom is -0.383 e. The van der Waals surface area contributed by atoms with Crippen LogP contribution < -0.4 is 5.32 Å². The average Bonchev–Trinajstić information content (AvgIpc) is 3.05. The summed E-state index contributed by atoms with van der Waals surface area (Å²) >= 11 is 0. The Morgan fingerprint density at radius 3 is 3.00 bits per heavy atom. The SMILES string of the molecule is CCn1cc(Cn2ncnc2CNCCOC)cn1. The summed E-state index contributed by atoms with van der Waals surface area (Å²) in [7, 11) is 1.69. The van der Waals surface area contributed by atoms with Gasteiger partial charge in [-0.05, 0) is 6.92 Å². The predicted molar refractivity (Wildman–Crippen MR) is 70.6 cm³/mol. The van der Waals surface area contributed by atoms with Crippen LogP contribution in [-0.4, -0.2) is 44.8 Å². The van der Waals surface area contributed by atoms with Crippen LogP contribution >= 0.6 is 0 Å². The third-order valence-corrected chi connectivity index (χ3v) is 2.80. The number of ether oxygens (including phenoxy) is 1. The zero-order valence-corrected chi connectivity index (χ0v) is 11.4. The van der Waals surface area contributed by atoms with Crippen molar-refractivity contribution in [2.24, 2.45) is 0 Å². The maximum absolute atomic E-state index is 4.99. The molecular weight excluding hydrogens is 244 g/mol. The summed E-state index contributed by atoms with van der Waals surface area (Å²) < 4.78 is 8.78. The quantitative estimate of drug-likeness (QED) is 0.693. The molecule has 0 saturated carbocycles. The smallest absolute Gasteiger partial charge is 0.141 e. The average molecular weight is 264 g/mol. The molecule has 19 heavy (non-hydrogen) atoms. The molecule has 0 radical (unpaired) electrons. The Bertz CT molecular complexity index is 492. The maximum Gasteiger partial charge on any atom is 0.141 e. The summed E-state index contributed by atoms with van der Waals surface area (Å²) in [6, 6.07) is 0. The highest BCUT2D eigenvalue weighted by Crippen LogP contribution is 2.03. The Balaban J connectivity index is 1.91. The molecule has 0 amide bonds. The number of methoxy groups -OCH3 is 1. The zero-order valence-electron chi connectivity index (χ0n) is 11.4. The fourth-order valence-electron chi connectivity index (χ4n) is 1.77. The largest absolute Gasteiger partial charge is 0.383 e. The predicted octanol–water partition coefficient (Wildman–Crippen LogP) is 0.279. The van der Waals surface area contributed by atoms with Crippen molar-refractivity contribution >= 4 is 0 Å². The van der Waals surface area contributed by atoms with Crippen LogP contribution in [0.15, 0.2) is 18.7 Å². The first-order valence-electron chi connectivity index (χ1n) is 6.41. The second kappa shape index (κ2) is 7.01. The molecule has 0 spiro atoms. The molecule has 7 nitrogen and oxygen atoms in total. The van der Waals surface area contributed by atoms with E-state index in [4.69, 9.17) is 4.74 Å². The molecule has 2 heterocycles. The number of nitrogens with zero attached hydrogens (tertiary/aromatic N) is 5. The molecule has 0 aromatic carbocycles. The van der Waals surface area contributed by atoms with Gasteiger partial charge in [-0.2, -0.15) is 10.2 Å². The van der Waals surface area contributed by atoms with Gasteiger partial charge in [-0.15, -0.1) is 0 Å². The number of hydrogen-bond acceptors (Lipinski definition) is 5. The molecule has 1 N–H and O–H groups in total. The van der Waals surface area contributed by atoms with Gasteiger partial charge in [0, 0.05) is 32.0 Å². The minimum atomic E-state index is 0.686. The first kappa shape index (κ1) is 13.7. The van der Waals surface area contributed by atoms with Crippen molar-refractivity contribution < 1.29 is 4.74 Å². The lowest BCUT2D eigenvalue weighted by molar-refractivity contribution is 0.198. The Morgan fingerprint density at radius 2 is 2.26 bits per heavy atom. The zero-order chi connectivity index (χ0) is 13.5. The van der Waals surface area contributed by atoms with Crippen molar-refractivity contribution in [1.82, 2.24) is 29.9 Å². The molecule has 104 valence electrons. The highest BCUT2D eigenvalue weighted by molar-refractivity contribution is 5.05. The molecule has 0 aliphatic rings. The van der Waals surface area contributed by atoms with Crippen molar-refractivity contribution in [3.8, 4) is 0 Å². The van der Waals surface area contributed by atoms with Crippen LogP contribution in [0.25, 0.3) is 0 Å². The topological polar surface area (TPSA) is 69.8 Å². The summed E-state index contributed by atoms with van der Waals surface area (Å²) in [4.78, 5) is 4.26. The van der Waals surface area contributed by atoms with Crippen LogP contribution in [0.1, 0.15) is 18.3 Å². The fraction of sp³-hybridized carbons (Fsp3) is 0.583. The lowest BCUT2D eigenvalue weighted by Crippen LogP contribution is -2.21. The van der Waals surface area contributed by atoms with Crippen LogP contribution in [0.3, 0.4) is 0 Å². The molecule has 0 saturated heterocycles. The second-order valence-electron chi connectivity index (χ2n) is 4.21. The molecule has 0 bridgehead atoms. The molecule has 0 aliphatic heterocycles. The van der Waals surface area contributed by atoms with Crippen molar-refractivity contribution in [3.05, 3.63) is 30.1 Å². The van der Waals surface area contributed by atoms with Crippen molar-refractivity contribution in [1.29, 1.82) is 0 Å². The van der Waals surface area contributed by atoms with Crippen LogP contribution in [0.2, 0.25) is 0 Å². The van der Waals surface area contributed by atoms with E-state index in [0.717, 1.165) is 24.5 Å². The molecule has 0 unspecified atom stereocenters. The number of nitrogens with one attached hydrogen (secondary N) is 1. The van der Waals surface area contributed by atoms with E-state index >= 15 is 0 Å². The van der Waals surface area contributed by atoms with E-state index in [1.807, 2.05) is 21.8 Å². The van der Waals surface area contributed by atoms with Gasteiger partial charge in [0.25, 0.3) is 0 Å². The van der Waals surface area contributed by atoms with Gasteiger partial charge in [-0.3, -0.25) is 4.68 Å². The van der Waals surface area contributed by atoms with Crippen LogP contribution in [0.4, 0.5) is 0 Å². The Labute approximate surface area is 112 Å². The van der Waals surface area contributed by atoms with Crippen molar-refractivity contribution in [2.45, 2.75) is 26.6 Å².